The van der Waals surface area contributed by atoms with E-state index in [1.165, 1.54) is 30.5 Å². The Balaban J connectivity index is 1.56. The second-order valence-corrected chi connectivity index (χ2v) is 11.5. The molecule has 0 saturated carbocycles. The quantitative estimate of drug-likeness (QED) is 0.660. The van der Waals surface area contributed by atoms with Gasteiger partial charge >= 0.3 is 0 Å². The molecule has 0 aliphatic carbocycles. The van der Waals surface area contributed by atoms with E-state index >= 15 is 0 Å². The van der Waals surface area contributed by atoms with Gasteiger partial charge in [0.15, 0.2) is 0 Å². The minimum atomic E-state index is -3.62. The molecule has 0 unspecified atom stereocenters. The molecule has 32 heavy (non-hydrogen) atoms. The van der Waals surface area contributed by atoms with E-state index in [9.17, 15) is 13.2 Å². The molecule has 1 fully saturated rings. The van der Waals surface area contributed by atoms with Crippen molar-refractivity contribution in [2.75, 3.05) is 13.1 Å². The molecular weight excluding hydrogens is 422 g/mol. The molecule has 1 aliphatic rings. The Labute approximate surface area is 192 Å². The van der Waals surface area contributed by atoms with Crippen molar-refractivity contribution in [3.05, 3.63) is 65.2 Å². The van der Waals surface area contributed by atoms with Crippen molar-refractivity contribution < 1.29 is 13.2 Å². The van der Waals surface area contributed by atoms with Gasteiger partial charge in [-0.2, -0.15) is 0 Å². The van der Waals surface area contributed by atoms with E-state index in [1.807, 2.05) is 12.1 Å². The second-order valence-electron chi connectivity index (χ2n) is 9.84. The van der Waals surface area contributed by atoms with E-state index in [1.54, 1.807) is 32.9 Å². The van der Waals surface area contributed by atoms with E-state index in [2.05, 4.69) is 34.0 Å². The first-order chi connectivity index (χ1) is 15.0. The van der Waals surface area contributed by atoms with Gasteiger partial charge in [-0.1, -0.05) is 31.2 Å². The van der Waals surface area contributed by atoms with Gasteiger partial charge < -0.3 is 5.32 Å². The number of rotatable bonds is 7. The van der Waals surface area contributed by atoms with Crippen LogP contribution in [0, 0.1) is 5.92 Å². The third-order valence-electron chi connectivity index (χ3n) is 5.59. The molecule has 0 bridgehead atoms. The van der Waals surface area contributed by atoms with Crippen LogP contribution in [-0.4, -0.2) is 37.9 Å². The van der Waals surface area contributed by atoms with Gasteiger partial charge in [0, 0.05) is 24.2 Å². The van der Waals surface area contributed by atoms with Crippen LogP contribution in [0.15, 0.2) is 53.4 Å². The topological polar surface area (TPSA) is 78.5 Å². The highest BCUT2D eigenvalue weighted by Crippen LogP contribution is 2.19. The van der Waals surface area contributed by atoms with Crippen molar-refractivity contribution in [1.29, 1.82) is 0 Å². The van der Waals surface area contributed by atoms with E-state index in [-0.39, 0.29) is 10.8 Å². The minimum Gasteiger partial charge on any atom is -0.348 e. The molecule has 1 saturated heterocycles. The summed E-state index contributed by atoms with van der Waals surface area (Å²) in [7, 11) is -3.62. The van der Waals surface area contributed by atoms with Crippen molar-refractivity contribution >= 4 is 15.9 Å². The van der Waals surface area contributed by atoms with Crippen molar-refractivity contribution in [3.8, 4) is 0 Å². The van der Waals surface area contributed by atoms with E-state index in [0.717, 1.165) is 31.1 Å². The number of sulfonamides is 1. The SMILES string of the molecule is CC1CCN(Cc2cccc(CNC(=O)c3ccc(S(=O)(=O)NC(C)(C)C)cc3)c2)CC1. The molecule has 174 valence electrons. The Kier molecular flexibility index (Phi) is 7.75. The van der Waals surface area contributed by atoms with Crippen LogP contribution in [0.3, 0.4) is 0 Å². The molecular formula is C25H35N3O3S. The molecule has 1 aliphatic heterocycles. The standard InChI is InChI=1S/C25H35N3O3S/c1-19-12-14-28(15-13-19)18-21-7-5-6-20(16-21)17-26-24(29)22-8-10-23(11-9-22)32(30,31)27-25(2,3)4/h5-11,16,19,27H,12-15,17-18H2,1-4H3,(H,26,29). The van der Waals surface area contributed by atoms with Crippen molar-refractivity contribution in [2.24, 2.45) is 5.92 Å². The number of likely N-dealkylation sites (tertiary alicyclic amines) is 1. The highest BCUT2D eigenvalue weighted by atomic mass is 32.2. The lowest BCUT2D eigenvalue weighted by Gasteiger charge is -2.30. The Morgan fingerprint density at radius 1 is 1.03 bits per heavy atom. The Hall–Kier alpha value is -2.22. The van der Waals surface area contributed by atoms with Crippen molar-refractivity contribution in [3.63, 3.8) is 0 Å². The fraction of sp³-hybridized carbons (Fsp3) is 0.480. The van der Waals surface area contributed by atoms with E-state index < -0.39 is 15.6 Å². The molecule has 2 aromatic carbocycles. The molecule has 3 rings (SSSR count). The van der Waals surface area contributed by atoms with Crippen LogP contribution >= 0.6 is 0 Å². The largest absolute Gasteiger partial charge is 0.348 e. The number of amides is 1. The molecule has 0 radical (unpaired) electrons. The first-order valence-electron chi connectivity index (χ1n) is 11.2. The molecule has 0 atom stereocenters. The zero-order valence-corrected chi connectivity index (χ0v) is 20.3. The maximum absolute atomic E-state index is 12.6. The van der Waals surface area contributed by atoms with Crippen LogP contribution in [0.1, 0.15) is 62.0 Å². The molecule has 1 heterocycles. The van der Waals surface area contributed by atoms with Crippen molar-refractivity contribution in [1.82, 2.24) is 14.9 Å². The normalized spacial score (nSPS) is 16.1. The van der Waals surface area contributed by atoms with Crippen LogP contribution in [0.4, 0.5) is 0 Å². The predicted octanol–water partition coefficient (Wildman–Crippen LogP) is 3.93. The number of benzene rings is 2. The summed E-state index contributed by atoms with van der Waals surface area (Å²) in [6.45, 7) is 11.3. The fourth-order valence-corrected chi connectivity index (χ4v) is 5.27. The molecule has 2 aromatic rings. The maximum atomic E-state index is 12.6. The van der Waals surface area contributed by atoms with Gasteiger partial charge in [-0.25, -0.2) is 13.1 Å². The summed E-state index contributed by atoms with van der Waals surface area (Å²) in [5, 5.41) is 2.93. The average molecular weight is 458 g/mol. The van der Waals surface area contributed by atoms with Crippen molar-refractivity contribution in [2.45, 2.75) is 64.1 Å². The average Bonchev–Trinajstić information content (AvgIpc) is 2.72. The molecule has 1 amide bonds. The Morgan fingerprint density at radius 2 is 1.66 bits per heavy atom. The van der Waals surface area contributed by atoms with Crippen LogP contribution in [0.25, 0.3) is 0 Å². The summed E-state index contributed by atoms with van der Waals surface area (Å²) >= 11 is 0. The minimum absolute atomic E-state index is 0.142. The van der Waals surface area contributed by atoms with Crippen LogP contribution < -0.4 is 10.0 Å². The highest BCUT2D eigenvalue weighted by Gasteiger charge is 2.22. The van der Waals surface area contributed by atoms with Gasteiger partial charge in [0.05, 0.1) is 4.90 Å². The van der Waals surface area contributed by atoms with Gasteiger partial charge in [0.2, 0.25) is 10.0 Å². The molecule has 6 nitrogen and oxygen atoms in total. The van der Waals surface area contributed by atoms with Crippen LogP contribution in [-0.2, 0) is 23.1 Å². The summed E-state index contributed by atoms with van der Waals surface area (Å²) in [6, 6.07) is 14.3. The highest BCUT2D eigenvalue weighted by molar-refractivity contribution is 7.89. The first-order valence-corrected chi connectivity index (χ1v) is 12.7. The zero-order valence-electron chi connectivity index (χ0n) is 19.5. The summed E-state index contributed by atoms with van der Waals surface area (Å²) < 4.78 is 27.4. The monoisotopic (exact) mass is 457 g/mol. The van der Waals surface area contributed by atoms with Crippen LogP contribution in [0.2, 0.25) is 0 Å². The summed E-state index contributed by atoms with van der Waals surface area (Å²) in [6.07, 6.45) is 2.50. The third kappa shape index (κ3) is 7.15. The lowest BCUT2D eigenvalue weighted by molar-refractivity contribution is 0.0950. The third-order valence-corrected chi connectivity index (χ3v) is 7.37. The number of hydrogen-bond acceptors (Lipinski definition) is 4. The first kappa shape index (κ1) is 24.4. The van der Waals surface area contributed by atoms with Gasteiger partial charge in [0.1, 0.15) is 0 Å². The summed E-state index contributed by atoms with van der Waals surface area (Å²) in [5.74, 6) is 0.588. The summed E-state index contributed by atoms with van der Waals surface area (Å²) in [5.41, 5.74) is 2.16. The van der Waals surface area contributed by atoms with Gasteiger partial charge in [-0.15, -0.1) is 0 Å². The predicted molar refractivity (Wildman–Crippen MR) is 128 cm³/mol. The zero-order chi connectivity index (χ0) is 23.4. The smallest absolute Gasteiger partial charge is 0.251 e. The molecule has 2 N–H and O–H groups in total. The van der Waals surface area contributed by atoms with Crippen LogP contribution in [0.5, 0.6) is 0 Å². The van der Waals surface area contributed by atoms with Gasteiger partial charge in [-0.3, -0.25) is 9.69 Å². The van der Waals surface area contributed by atoms with E-state index in [0.29, 0.717) is 12.1 Å². The van der Waals surface area contributed by atoms with Gasteiger partial charge in [-0.05, 0) is 88.0 Å². The number of piperidine rings is 1. The number of nitrogens with zero attached hydrogens (tertiary/aromatic N) is 1. The number of nitrogens with one attached hydrogen (secondary N) is 2. The summed E-state index contributed by atoms with van der Waals surface area (Å²) in [4.78, 5) is 15.2. The maximum Gasteiger partial charge on any atom is 0.251 e. The van der Waals surface area contributed by atoms with Gasteiger partial charge in [0.25, 0.3) is 5.91 Å². The fourth-order valence-electron chi connectivity index (χ4n) is 3.85. The molecule has 7 heteroatoms. The number of carbonyl (C=O) groups excluding carboxylic acids is 1. The van der Waals surface area contributed by atoms with E-state index in [4.69, 9.17) is 0 Å². The Morgan fingerprint density at radius 3 is 2.28 bits per heavy atom. The second kappa shape index (κ2) is 10.1. The molecule has 0 aromatic heterocycles. The lowest BCUT2D eigenvalue weighted by atomic mass is 9.98. The molecule has 0 spiro atoms. The number of carbonyl (C=O) groups is 1. The lowest BCUT2D eigenvalue weighted by Crippen LogP contribution is -2.40. The Bertz CT molecular complexity index is 1020. The number of hydrogen-bond donors (Lipinski definition) is 2.